The monoisotopic (exact) mass is 276 g/mol. The maximum absolute atomic E-state index is 10.8. The molecule has 0 unspecified atom stereocenters. The summed E-state index contributed by atoms with van der Waals surface area (Å²) in [4.78, 5) is 10.5. The van der Waals surface area contributed by atoms with Crippen LogP contribution in [-0.2, 0) is 6.42 Å². The molecule has 0 saturated carbocycles. The first-order valence-electron chi connectivity index (χ1n) is 5.88. The van der Waals surface area contributed by atoms with E-state index in [1.54, 1.807) is 18.2 Å². The highest BCUT2D eigenvalue weighted by Crippen LogP contribution is 2.23. The summed E-state index contributed by atoms with van der Waals surface area (Å²) in [6.45, 7) is 0.631. The zero-order valence-electron chi connectivity index (χ0n) is 10.2. The van der Waals surface area contributed by atoms with Gasteiger partial charge in [0.05, 0.1) is 4.92 Å². The summed E-state index contributed by atoms with van der Waals surface area (Å²) in [5, 5.41) is 14.6. The quantitative estimate of drug-likeness (QED) is 0.665. The van der Waals surface area contributed by atoms with E-state index in [0.717, 1.165) is 12.0 Å². The van der Waals surface area contributed by atoms with Gasteiger partial charge in [0.25, 0.3) is 5.69 Å². The average molecular weight is 277 g/mol. The molecule has 0 aliphatic rings. The third-order valence-corrected chi connectivity index (χ3v) is 3.00. The zero-order chi connectivity index (χ0) is 13.7. The van der Waals surface area contributed by atoms with Gasteiger partial charge in [-0.05, 0) is 30.2 Å². The summed E-state index contributed by atoms with van der Waals surface area (Å²) in [6, 6.07) is 14.2. The van der Waals surface area contributed by atoms with Crippen molar-refractivity contribution in [3.8, 4) is 0 Å². The Hall–Kier alpha value is -2.07. The van der Waals surface area contributed by atoms with Crippen LogP contribution in [0.4, 0.5) is 11.4 Å². The van der Waals surface area contributed by atoms with Gasteiger partial charge in [-0.1, -0.05) is 35.9 Å². The molecular formula is C14H13ClN2O2. The van der Waals surface area contributed by atoms with Gasteiger partial charge in [-0.15, -0.1) is 0 Å². The minimum absolute atomic E-state index is 0.0959. The van der Waals surface area contributed by atoms with Crippen LogP contribution in [0, 0.1) is 10.1 Å². The number of nitrogens with zero attached hydrogens (tertiary/aromatic N) is 1. The molecule has 1 N–H and O–H groups in total. The fourth-order valence-corrected chi connectivity index (χ4v) is 1.90. The normalized spacial score (nSPS) is 10.2. The van der Waals surface area contributed by atoms with E-state index in [9.17, 15) is 10.1 Å². The first-order chi connectivity index (χ1) is 9.16. The molecule has 0 spiro atoms. The van der Waals surface area contributed by atoms with Crippen LogP contribution in [0.2, 0.25) is 5.02 Å². The lowest BCUT2D eigenvalue weighted by atomic mass is 10.1. The van der Waals surface area contributed by atoms with Crippen LogP contribution in [0.5, 0.6) is 0 Å². The predicted octanol–water partition coefficient (Wildman–Crippen LogP) is 3.90. The molecule has 0 saturated heterocycles. The summed E-state index contributed by atoms with van der Waals surface area (Å²) >= 11 is 5.81. The number of halogens is 1. The van der Waals surface area contributed by atoms with Gasteiger partial charge in [0, 0.05) is 17.6 Å². The van der Waals surface area contributed by atoms with E-state index in [2.05, 4.69) is 5.32 Å². The number of nitro groups is 1. The number of para-hydroxylation sites is 2. The minimum atomic E-state index is -0.384. The number of benzene rings is 2. The van der Waals surface area contributed by atoms with Crippen LogP contribution in [0.25, 0.3) is 0 Å². The largest absolute Gasteiger partial charge is 0.379 e. The number of hydrogen-bond donors (Lipinski definition) is 1. The third-order valence-electron chi connectivity index (χ3n) is 2.74. The zero-order valence-corrected chi connectivity index (χ0v) is 10.9. The van der Waals surface area contributed by atoms with E-state index >= 15 is 0 Å². The van der Waals surface area contributed by atoms with E-state index in [0.29, 0.717) is 17.3 Å². The molecule has 19 heavy (non-hydrogen) atoms. The molecule has 98 valence electrons. The number of hydrogen-bond acceptors (Lipinski definition) is 3. The van der Waals surface area contributed by atoms with Crippen LogP contribution < -0.4 is 5.32 Å². The first kappa shape index (κ1) is 13.4. The van der Waals surface area contributed by atoms with Crippen LogP contribution in [0.1, 0.15) is 5.56 Å². The van der Waals surface area contributed by atoms with Gasteiger partial charge < -0.3 is 5.32 Å². The average Bonchev–Trinajstić information content (AvgIpc) is 2.41. The topological polar surface area (TPSA) is 55.2 Å². The molecule has 0 fully saturated rings. The molecule has 2 aromatic carbocycles. The Morgan fingerprint density at radius 1 is 1.11 bits per heavy atom. The molecule has 0 aromatic heterocycles. The van der Waals surface area contributed by atoms with E-state index in [4.69, 9.17) is 11.6 Å². The first-order valence-corrected chi connectivity index (χ1v) is 6.26. The second-order valence-corrected chi connectivity index (χ2v) is 4.51. The van der Waals surface area contributed by atoms with Crippen molar-refractivity contribution in [2.45, 2.75) is 6.42 Å². The van der Waals surface area contributed by atoms with Gasteiger partial charge in [-0.2, -0.15) is 0 Å². The van der Waals surface area contributed by atoms with Crippen LogP contribution >= 0.6 is 11.6 Å². The maximum Gasteiger partial charge on any atom is 0.292 e. The molecule has 0 radical (unpaired) electrons. The number of rotatable bonds is 5. The minimum Gasteiger partial charge on any atom is -0.379 e. The second kappa shape index (κ2) is 6.20. The molecule has 2 aromatic rings. The highest BCUT2D eigenvalue weighted by molar-refractivity contribution is 6.30. The van der Waals surface area contributed by atoms with E-state index in [1.165, 1.54) is 6.07 Å². The van der Waals surface area contributed by atoms with Gasteiger partial charge in [-0.3, -0.25) is 10.1 Å². The van der Waals surface area contributed by atoms with Crippen molar-refractivity contribution >= 4 is 23.0 Å². The highest BCUT2D eigenvalue weighted by atomic mass is 35.5. The highest BCUT2D eigenvalue weighted by Gasteiger charge is 2.11. The summed E-state index contributed by atoms with van der Waals surface area (Å²) in [6.07, 6.45) is 0.781. The Morgan fingerprint density at radius 2 is 1.79 bits per heavy atom. The van der Waals surface area contributed by atoms with E-state index in [1.807, 2.05) is 24.3 Å². The van der Waals surface area contributed by atoms with Gasteiger partial charge in [0.1, 0.15) is 5.69 Å². The van der Waals surface area contributed by atoms with Gasteiger partial charge in [-0.25, -0.2) is 0 Å². The Balaban J connectivity index is 1.96. The fraction of sp³-hybridized carbons (Fsp3) is 0.143. The molecule has 0 atom stereocenters. The maximum atomic E-state index is 10.8. The number of nitrogens with one attached hydrogen (secondary N) is 1. The Morgan fingerprint density at radius 3 is 2.47 bits per heavy atom. The molecule has 4 nitrogen and oxygen atoms in total. The standard InChI is InChI=1S/C14H13ClN2O2/c15-12-7-5-11(6-8-12)9-10-16-13-3-1-2-4-14(13)17(18)19/h1-8,16H,9-10H2. The van der Waals surface area contributed by atoms with Crippen molar-refractivity contribution in [1.82, 2.24) is 0 Å². The lowest BCUT2D eigenvalue weighted by molar-refractivity contribution is -0.384. The van der Waals surface area contributed by atoms with Gasteiger partial charge >= 0.3 is 0 Å². The predicted molar refractivity (Wildman–Crippen MR) is 76.7 cm³/mol. The fourth-order valence-electron chi connectivity index (χ4n) is 1.77. The molecule has 0 aliphatic heterocycles. The Bertz CT molecular complexity index is 570. The molecular weight excluding hydrogens is 264 g/mol. The summed E-state index contributed by atoms with van der Waals surface area (Å²) < 4.78 is 0. The summed E-state index contributed by atoms with van der Waals surface area (Å²) in [5.41, 5.74) is 1.77. The Kier molecular flexibility index (Phi) is 4.36. The lowest BCUT2D eigenvalue weighted by Crippen LogP contribution is -2.06. The van der Waals surface area contributed by atoms with Crippen molar-refractivity contribution in [3.05, 3.63) is 69.2 Å². The van der Waals surface area contributed by atoms with Crippen LogP contribution in [-0.4, -0.2) is 11.5 Å². The SMILES string of the molecule is O=[N+]([O-])c1ccccc1NCCc1ccc(Cl)cc1. The molecule has 0 amide bonds. The van der Waals surface area contributed by atoms with Crippen molar-refractivity contribution in [1.29, 1.82) is 0 Å². The second-order valence-electron chi connectivity index (χ2n) is 4.08. The lowest BCUT2D eigenvalue weighted by Gasteiger charge is -2.07. The van der Waals surface area contributed by atoms with E-state index in [-0.39, 0.29) is 10.6 Å². The Labute approximate surface area is 116 Å². The van der Waals surface area contributed by atoms with E-state index < -0.39 is 0 Å². The summed E-state index contributed by atoms with van der Waals surface area (Å²) in [5.74, 6) is 0. The van der Waals surface area contributed by atoms with Crippen LogP contribution in [0.15, 0.2) is 48.5 Å². The molecule has 0 aliphatic carbocycles. The number of anilines is 1. The van der Waals surface area contributed by atoms with Crippen LogP contribution in [0.3, 0.4) is 0 Å². The molecule has 5 heteroatoms. The number of nitro benzene ring substituents is 1. The van der Waals surface area contributed by atoms with Crippen molar-refractivity contribution in [2.24, 2.45) is 0 Å². The molecule has 0 heterocycles. The van der Waals surface area contributed by atoms with Gasteiger partial charge in [0.15, 0.2) is 0 Å². The van der Waals surface area contributed by atoms with Gasteiger partial charge in [0.2, 0.25) is 0 Å². The molecule has 2 rings (SSSR count). The van der Waals surface area contributed by atoms with Crippen molar-refractivity contribution < 1.29 is 4.92 Å². The van der Waals surface area contributed by atoms with Crippen molar-refractivity contribution in [2.75, 3.05) is 11.9 Å². The third kappa shape index (κ3) is 3.69. The van der Waals surface area contributed by atoms with Crippen molar-refractivity contribution in [3.63, 3.8) is 0 Å². The smallest absolute Gasteiger partial charge is 0.292 e. The summed E-state index contributed by atoms with van der Waals surface area (Å²) in [7, 11) is 0. The molecule has 0 bridgehead atoms.